The SMILES string of the molecule is CN(C)c1noc(CNc2cc(C(F)(F)F)nc(-c3cccnc3)n2)n1. The molecule has 3 aromatic heterocycles. The number of halogens is 3. The summed E-state index contributed by atoms with van der Waals surface area (Å²) < 4.78 is 44.4. The van der Waals surface area contributed by atoms with E-state index in [0.29, 0.717) is 11.5 Å². The van der Waals surface area contributed by atoms with Crippen LogP contribution in [-0.4, -0.2) is 39.2 Å². The van der Waals surface area contributed by atoms with Crippen LogP contribution in [0.1, 0.15) is 11.6 Å². The van der Waals surface area contributed by atoms with Gasteiger partial charge in [0.05, 0.1) is 6.54 Å². The summed E-state index contributed by atoms with van der Waals surface area (Å²) in [5.41, 5.74) is -0.692. The van der Waals surface area contributed by atoms with Crippen LogP contribution >= 0.6 is 0 Å². The van der Waals surface area contributed by atoms with E-state index in [9.17, 15) is 13.2 Å². The summed E-state index contributed by atoms with van der Waals surface area (Å²) in [6.07, 6.45) is -1.71. The molecule has 26 heavy (non-hydrogen) atoms. The van der Waals surface area contributed by atoms with E-state index in [4.69, 9.17) is 4.52 Å². The molecule has 0 saturated heterocycles. The van der Waals surface area contributed by atoms with Crippen LogP contribution < -0.4 is 10.2 Å². The molecule has 0 spiro atoms. The fraction of sp³-hybridized carbons (Fsp3) is 0.267. The van der Waals surface area contributed by atoms with E-state index in [1.54, 1.807) is 31.1 Å². The number of hydrogen-bond acceptors (Lipinski definition) is 8. The molecule has 0 radical (unpaired) electrons. The molecule has 3 rings (SSSR count). The van der Waals surface area contributed by atoms with Crippen molar-refractivity contribution < 1.29 is 17.7 Å². The first kappa shape index (κ1) is 17.6. The number of hydrogen-bond donors (Lipinski definition) is 1. The van der Waals surface area contributed by atoms with Crippen molar-refractivity contribution in [2.75, 3.05) is 24.3 Å². The van der Waals surface area contributed by atoms with Gasteiger partial charge in [0.1, 0.15) is 5.82 Å². The van der Waals surface area contributed by atoms with E-state index in [1.807, 2.05) is 0 Å². The number of pyridine rings is 1. The van der Waals surface area contributed by atoms with Crippen LogP contribution in [0.5, 0.6) is 0 Å². The molecule has 0 aliphatic carbocycles. The van der Waals surface area contributed by atoms with Crippen molar-refractivity contribution in [2.24, 2.45) is 0 Å². The lowest BCUT2D eigenvalue weighted by Crippen LogP contribution is -2.12. The lowest BCUT2D eigenvalue weighted by atomic mass is 10.2. The minimum atomic E-state index is -4.61. The molecular weight excluding hydrogens is 351 g/mol. The van der Waals surface area contributed by atoms with Gasteiger partial charge in [0.2, 0.25) is 5.89 Å². The Labute approximate surface area is 146 Å². The van der Waals surface area contributed by atoms with Crippen molar-refractivity contribution >= 4 is 11.8 Å². The van der Waals surface area contributed by atoms with Crippen molar-refractivity contribution in [3.05, 3.63) is 42.2 Å². The first-order valence-corrected chi connectivity index (χ1v) is 7.43. The fourth-order valence-electron chi connectivity index (χ4n) is 1.97. The number of alkyl halides is 3. The summed E-state index contributed by atoms with van der Waals surface area (Å²) in [4.78, 5) is 17.3. The summed E-state index contributed by atoms with van der Waals surface area (Å²) in [6, 6.07) is 3.99. The Balaban J connectivity index is 1.87. The first-order valence-electron chi connectivity index (χ1n) is 7.43. The number of aromatic nitrogens is 5. The van der Waals surface area contributed by atoms with E-state index in [1.165, 1.54) is 12.4 Å². The minimum absolute atomic E-state index is 0.0155. The Kier molecular flexibility index (Phi) is 4.69. The van der Waals surface area contributed by atoms with E-state index >= 15 is 0 Å². The van der Waals surface area contributed by atoms with Gasteiger partial charge < -0.3 is 14.7 Å². The van der Waals surface area contributed by atoms with Crippen molar-refractivity contribution in [3.63, 3.8) is 0 Å². The zero-order valence-electron chi connectivity index (χ0n) is 13.8. The maximum absolute atomic E-state index is 13.1. The van der Waals surface area contributed by atoms with Crippen molar-refractivity contribution in [3.8, 4) is 11.4 Å². The standard InChI is InChI=1S/C15H14F3N7O/c1-25(2)14-23-12(26-24-14)8-20-11-6-10(15(16,17)18)21-13(22-11)9-4-3-5-19-7-9/h3-7H,8H2,1-2H3,(H,20,21,22). The predicted molar refractivity (Wildman–Crippen MR) is 86.2 cm³/mol. The van der Waals surface area contributed by atoms with Gasteiger partial charge in [0, 0.05) is 38.1 Å². The minimum Gasteiger partial charge on any atom is -0.361 e. The van der Waals surface area contributed by atoms with Crippen LogP contribution in [0.4, 0.5) is 24.9 Å². The number of anilines is 2. The number of nitrogens with zero attached hydrogens (tertiary/aromatic N) is 6. The molecule has 0 atom stereocenters. The summed E-state index contributed by atoms with van der Waals surface area (Å²) >= 11 is 0. The monoisotopic (exact) mass is 365 g/mol. The summed E-state index contributed by atoms with van der Waals surface area (Å²) in [5.74, 6) is 0.464. The van der Waals surface area contributed by atoms with Gasteiger partial charge in [-0.2, -0.15) is 18.2 Å². The normalized spacial score (nSPS) is 11.4. The summed E-state index contributed by atoms with van der Waals surface area (Å²) in [5, 5.41) is 6.48. The third kappa shape index (κ3) is 4.05. The second-order valence-electron chi connectivity index (χ2n) is 5.44. The largest absolute Gasteiger partial charge is 0.433 e. The number of nitrogens with one attached hydrogen (secondary N) is 1. The third-order valence-electron chi connectivity index (χ3n) is 3.21. The van der Waals surface area contributed by atoms with Gasteiger partial charge in [-0.3, -0.25) is 4.98 Å². The molecular formula is C15H14F3N7O. The molecule has 1 N–H and O–H groups in total. The highest BCUT2D eigenvalue weighted by Gasteiger charge is 2.34. The molecule has 8 nitrogen and oxygen atoms in total. The van der Waals surface area contributed by atoms with Crippen molar-refractivity contribution in [1.29, 1.82) is 0 Å². The van der Waals surface area contributed by atoms with Crippen LogP contribution in [0, 0.1) is 0 Å². The van der Waals surface area contributed by atoms with Gasteiger partial charge in [-0.25, -0.2) is 9.97 Å². The van der Waals surface area contributed by atoms with Gasteiger partial charge in [-0.05, 0) is 17.3 Å². The molecule has 0 bridgehead atoms. The Morgan fingerprint density at radius 3 is 2.62 bits per heavy atom. The van der Waals surface area contributed by atoms with Crippen LogP contribution in [-0.2, 0) is 12.7 Å². The van der Waals surface area contributed by atoms with E-state index < -0.39 is 11.9 Å². The molecule has 0 unspecified atom stereocenters. The highest BCUT2D eigenvalue weighted by molar-refractivity contribution is 5.56. The third-order valence-corrected chi connectivity index (χ3v) is 3.21. The lowest BCUT2D eigenvalue weighted by molar-refractivity contribution is -0.141. The zero-order chi connectivity index (χ0) is 18.7. The maximum atomic E-state index is 13.1. The molecule has 0 amide bonds. The van der Waals surface area contributed by atoms with Crippen LogP contribution in [0.25, 0.3) is 11.4 Å². The molecule has 3 heterocycles. The molecule has 3 aromatic rings. The molecule has 11 heteroatoms. The van der Waals surface area contributed by atoms with Crippen molar-refractivity contribution in [1.82, 2.24) is 25.1 Å². The predicted octanol–water partition coefficient (Wildman–Crippen LogP) is 2.62. The highest BCUT2D eigenvalue weighted by atomic mass is 19.4. The van der Waals surface area contributed by atoms with E-state index in [2.05, 4.69) is 30.4 Å². The Bertz CT molecular complexity index is 880. The van der Waals surface area contributed by atoms with Crippen LogP contribution in [0.3, 0.4) is 0 Å². The summed E-state index contributed by atoms with van der Waals surface area (Å²) in [7, 11) is 3.48. The molecule has 0 aliphatic rings. The van der Waals surface area contributed by atoms with E-state index in [-0.39, 0.29) is 24.1 Å². The summed E-state index contributed by atoms with van der Waals surface area (Å²) in [6.45, 7) is 0.0155. The second kappa shape index (κ2) is 6.94. The van der Waals surface area contributed by atoms with Gasteiger partial charge in [-0.1, -0.05) is 0 Å². The topological polar surface area (TPSA) is 92.9 Å². The van der Waals surface area contributed by atoms with Gasteiger partial charge in [0.25, 0.3) is 5.95 Å². The van der Waals surface area contributed by atoms with Crippen LogP contribution in [0.2, 0.25) is 0 Å². The molecule has 0 saturated carbocycles. The Hall–Kier alpha value is -3.24. The molecule has 0 fully saturated rings. The first-order chi connectivity index (χ1) is 12.3. The van der Waals surface area contributed by atoms with Crippen LogP contribution in [0.15, 0.2) is 35.1 Å². The Morgan fingerprint density at radius 1 is 1.19 bits per heavy atom. The van der Waals surface area contributed by atoms with Gasteiger partial charge in [-0.15, -0.1) is 0 Å². The smallest absolute Gasteiger partial charge is 0.361 e. The van der Waals surface area contributed by atoms with Gasteiger partial charge >= 0.3 is 6.18 Å². The van der Waals surface area contributed by atoms with Crippen molar-refractivity contribution in [2.45, 2.75) is 12.7 Å². The quantitative estimate of drug-likeness (QED) is 0.738. The second-order valence-corrected chi connectivity index (χ2v) is 5.44. The lowest BCUT2D eigenvalue weighted by Gasteiger charge is -2.11. The molecule has 0 aliphatic heterocycles. The number of rotatable bonds is 5. The van der Waals surface area contributed by atoms with E-state index in [0.717, 1.165) is 6.07 Å². The molecule has 136 valence electrons. The maximum Gasteiger partial charge on any atom is 0.433 e. The average Bonchev–Trinajstić information content (AvgIpc) is 3.09. The molecule has 0 aromatic carbocycles. The Morgan fingerprint density at radius 2 is 2.00 bits per heavy atom. The highest BCUT2D eigenvalue weighted by Crippen LogP contribution is 2.30. The van der Waals surface area contributed by atoms with Gasteiger partial charge in [0.15, 0.2) is 11.5 Å². The fourth-order valence-corrected chi connectivity index (χ4v) is 1.97. The average molecular weight is 365 g/mol. The zero-order valence-corrected chi connectivity index (χ0v) is 13.8.